The summed E-state index contributed by atoms with van der Waals surface area (Å²) in [7, 11) is 1.85. The molecule has 2 N–H and O–H groups in total. The molecule has 24 heavy (non-hydrogen) atoms. The van der Waals surface area contributed by atoms with E-state index in [4.69, 9.17) is 9.47 Å². The molecule has 6 heteroatoms. The van der Waals surface area contributed by atoms with Gasteiger partial charge in [0.15, 0.2) is 5.96 Å². The largest absolute Gasteiger partial charge is 0.377 e. The summed E-state index contributed by atoms with van der Waals surface area (Å²) < 4.78 is 12.0. The topological polar surface area (TPSA) is 54.9 Å². The first-order chi connectivity index (χ1) is 11.0. The number of aliphatic imine (C=N–C) groups is 1. The van der Waals surface area contributed by atoms with E-state index in [0.29, 0.717) is 30.3 Å². The van der Waals surface area contributed by atoms with E-state index >= 15 is 0 Å². The molecule has 2 bridgehead atoms. The molecule has 0 amide bonds. The quantitative estimate of drug-likeness (QED) is 0.394. The molecule has 0 aromatic rings. The first-order valence-corrected chi connectivity index (χ1v) is 9.21. The standard InChI is InChI=1S/C18H33N3O2.HI/c1-18(2,3)16-12(6-5-9-22-16)11-20-17(19-4)21-14-10-13-7-8-15(14)23-13;/h12-16H,5-11H2,1-4H3,(H2,19,20,21);1H. The van der Waals surface area contributed by atoms with Crippen molar-refractivity contribution in [1.29, 1.82) is 0 Å². The lowest BCUT2D eigenvalue weighted by Crippen LogP contribution is -2.51. The molecular formula is C18H34IN3O2. The maximum absolute atomic E-state index is 6.07. The van der Waals surface area contributed by atoms with Crippen molar-refractivity contribution in [2.75, 3.05) is 20.2 Å². The predicted molar refractivity (Wildman–Crippen MR) is 108 cm³/mol. The summed E-state index contributed by atoms with van der Waals surface area (Å²) in [5.41, 5.74) is 0.183. The molecule has 0 saturated carbocycles. The molecule has 140 valence electrons. The van der Waals surface area contributed by atoms with Crippen LogP contribution in [0.5, 0.6) is 0 Å². The van der Waals surface area contributed by atoms with Crippen molar-refractivity contribution in [3.05, 3.63) is 0 Å². The zero-order chi connectivity index (χ0) is 16.4. The lowest BCUT2D eigenvalue weighted by Gasteiger charge is -2.40. The molecule has 0 aliphatic carbocycles. The highest BCUT2D eigenvalue weighted by molar-refractivity contribution is 14.0. The normalized spacial score (nSPS) is 36.3. The third-order valence-electron chi connectivity index (χ3n) is 5.48. The fourth-order valence-electron chi connectivity index (χ4n) is 4.40. The van der Waals surface area contributed by atoms with Gasteiger partial charge in [-0.05, 0) is 37.5 Å². The Morgan fingerprint density at radius 1 is 1.21 bits per heavy atom. The Morgan fingerprint density at radius 3 is 2.58 bits per heavy atom. The number of fused-ring (bicyclic) bond motifs is 2. The molecule has 3 heterocycles. The van der Waals surface area contributed by atoms with Crippen LogP contribution in [0.15, 0.2) is 4.99 Å². The Hall–Kier alpha value is -0.0800. The number of hydrogen-bond donors (Lipinski definition) is 2. The predicted octanol–water partition coefficient (Wildman–Crippen LogP) is 2.93. The number of nitrogens with one attached hydrogen (secondary N) is 2. The molecule has 3 fully saturated rings. The molecule has 5 atom stereocenters. The number of nitrogens with zero attached hydrogens (tertiary/aromatic N) is 1. The Morgan fingerprint density at radius 2 is 2.00 bits per heavy atom. The zero-order valence-corrected chi connectivity index (χ0v) is 17.8. The van der Waals surface area contributed by atoms with Crippen molar-refractivity contribution in [3.8, 4) is 0 Å². The molecule has 0 radical (unpaired) electrons. The summed E-state index contributed by atoms with van der Waals surface area (Å²) in [6.07, 6.45) is 7.06. The second kappa shape index (κ2) is 8.54. The van der Waals surface area contributed by atoms with E-state index in [0.717, 1.165) is 32.0 Å². The third kappa shape index (κ3) is 4.75. The van der Waals surface area contributed by atoms with Gasteiger partial charge in [-0.1, -0.05) is 20.8 Å². The lowest BCUT2D eigenvalue weighted by atomic mass is 9.78. The van der Waals surface area contributed by atoms with E-state index in [-0.39, 0.29) is 29.4 Å². The molecule has 5 unspecified atom stereocenters. The van der Waals surface area contributed by atoms with E-state index in [1.807, 2.05) is 7.05 Å². The zero-order valence-electron chi connectivity index (χ0n) is 15.5. The molecule has 0 aromatic carbocycles. The smallest absolute Gasteiger partial charge is 0.191 e. The Bertz CT molecular complexity index is 438. The van der Waals surface area contributed by atoms with Crippen molar-refractivity contribution in [2.24, 2.45) is 16.3 Å². The molecule has 3 aliphatic heterocycles. The molecule has 3 rings (SSSR count). The number of halogens is 1. The van der Waals surface area contributed by atoms with Gasteiger partial charge in [-0.15, -0.1) is 24.0 Å². The van der Waals surface area contributed by atoms with E-state index < -0.39 is 0 Å². The molecule has 5 nitrogen and oxygen atoms in total. The molecular weight excluding hydrogens is 417 g/mol. The summed E-state index contributed by atoms with van der Waals surface area (Å²) in [5, 5.41) is 7.09. The summed E-state index contributed by atoms with van der Waals surface area (Å²) in [5.74, 6) is 1.45. The molecule has 3 aliphatic rings. The van der Waals surface area contributed by atoms with E-state index in [1.165, 1.54) is 19.3 Å². The molecule has 0 aromatic heterocycles. The van der Waals surface area contributed by atoms with Gasteiger partial charge in [0, 0.05) is 26.1 Å². The second-order valence-electron chi connectivity index (χ2n) is 8.37. The van der Waals surface area contributed by atoms with Gasteiger partial charge in [-0.3, -0.25) is 4.99 Å². The van der Waals surface area contributed by atoms with Crippen LogP contribution in [0.3, 0.4) is 0 Å². The van der Waals surface area contributed by atoms with Crippen LogP contribution in [0.4, 0.5) is 0 Å². The second-order valence-corrected chi connectivity index (χ2v) is 8.37. The summed E-state index contributed by atoms with van der Waals surface area (Å²) >= 11 is 0. The van der Waals surface area contributed by atoms with Gasteiger partial charge in [0.2, 0.25) is 0 Å². The van der Waals surface area contributed by atoms with Gasteiger partial charge < -0.3 is 20.1 Å². The fraction of sp³-hybridized carbons (Fsp3) is 0.944. The van der Waals surface area contributed by atoms with Crippen LogP contribution >= 0.6 is 24.0 Å². The Kier molecular flexibility index (Phi) is 7.20. The average molecular weight is 451 g/mol. The van der Waals surface area contributed by atoms with Crippen molar-refractivity contribution in [2.45, 2.75) is 77.2 Å². The lowest BCUT2D eigenvalue weighted by molar-refractivity contribution is -0.0835. The van der Waals surface area contributed by atoms with Crippen molar-refractivity contribution in [3.63, 3.8) is 0 Å². The van der Waals surface area contributed by atoms with Crippen LogP contribution in [-0.2, 0) is 9.47 Å². The highest BCUT2D eigenvalue weighted by atomic mass is 127. The minimum atomic E-state index is 0. The van der Waals surface area contributed by atoms with Gasteiger partial charge in [0.1, 0.15) is 0 Å². The SMILES string of the molecule is CN=C(NCC1CCCOC1C(C)(C)C)NC1CC2CCC1O2.I. The van der Waals surface area contributed by atoms with E-state index in [1.54, 1.807) is 0 Å². The van der Waals surface area contributed by atoms with Crippen LogP contribution in [0.2, 0.25) is 0 Å². The highest BCUT2D eigenvalue weighted by Gasteiger charge is 2.41. The third-order valence-corrected chi connectivity index (χ3v) is 5.48. The van der Waals surface area contributed by atoms with Crippen LogP contribution in [0.25, 0.3) is 0 Å². The Labute approximate surface area is 163 Å². The maximum Gasteiger partial charge on any atom is 0.191 e. The van der Waals surface area contributed by atoms with Crippen LogP contribution in [0.1, 0.15) is 52.9 Å². The highest BCUT2D eigenvalue weighted by Crippen LogP contribution is 2.35. The van der Waals surface area contributed by atoms with Crippen LogP contribution in [-0.4, -0.2) is 50.5 Å². The monoisotopic (exact) mass is 451 g/mol. The minimum absolute atomic E-state index is 0. The van der Waals surface area contributed by atoms with Crippen molar-refractivity contribution < 1.29 is 9.47 Å². The number of guanidine groups is 1. The van der Waals surface area contributed by atoms with Gasteiger partial charge in [-0.2, -0.15) is 0 Å². The van der Waals surface area contributed by atoms with Gasteiger partial charge in [-0.25, -0.2) is 0 Å². The van der Waals surface area contributed by atoms with Crippen molar-refractivity contribution >= 4 is 29.9 Å². The summed E-state index contributed by atoms with van der Waals surface area (Å²) in [6, 6.07) is 0.418. The Balaban J connectivity index is 0.00000208. The van der Waals surface area contributed by atoms with Crippen LogP contribution < -0.4 is 10.6 Å². The fourth-order valence-corrected chi connectivity index (χ4v) is 4.40. The van der Waals surface area contributed by atoms with E-state index in [9.17, 15) is 0 Å². The summed E-state index contributed by atoms with van der Waals surface area (Å²) in [6.45, 7) is 8.64. The van der Waals surface area contributed by atoms with Gasteiger partial charge in [0.05, 0.1) is 24.4 Å². The van der Waals surface area contributed by atoms with Gasteiger partial charge >= 0.3 is 0 Å². The molecule has 3 saturated heterocycles. The first-order valence-electron chi connectivity index (χ1n) is 9.21. The molecule has 0 spiro atoms. The van der Waals surface area contributed by atoms with Crippen LogP contribution in [0, 0.1) is 11.3 Å². The van der Waals surface area contributed by atoms with E-state index in [2.05, 4.69) is 36.4 Å². The maximum atomic E-state index is 6.07. The first kappa shape index (κ1) is 20.2. The van der Waals surface area contributed by atoms with Crippen molar-refractivity contribution in [1.82, 2.24) is 10.6 Å². The average Bonchev–Trinajstić information content (AvgIpc) is 3.13. The number of hydrogen-bond acceptors (Lipinski definition) is 3. The number of ether oxygens (including phenoxy) is 2. The minimum Gasteiger partial charge on any atom is -0.377 e. The summed E-state index contributed by atoms with van der Waals surface area (Å²) in [4.78, 5) is 4.40. The van der Waals surface area contributed by atoms with Gasteiger partial charge in [0.25, 0.3) is 0 Å². The number of rotatable bonds is 3.